The molecule has 1 amide bonds. The van der Waals surface area contributed by atoms with E-state index in [2.05, 4.69) is 34.2 Å². The van der Waals surface area contributed by atoms with Crippen LogP contribution >= 0.6 is 0 Å². The molecule has 0 spiro atoms. The van der Waals surface area contributed by atoms with Gasteiger partial charge in [0.15, 0.2) is 0 Å². The largest absolute Gasteiger partial charge is 0.453 e. The first-order valence-electron chi connectivity index (χ1n) is 6.79. The lowest BCUT2D eigenvalue weighted by Gasteiger charge is -2.16. The molecule has 0 radical (unpaired) electrons. The lowest BCUT2D eigenvalue weighted by Crippen LogP contribution is -2.36. The van der Waals surface area contributed by atoms with Gasteiger partial charge in [0.05, 0.1) is 7.11 Å². The number of rotatable bonds is 4. The Morgan fingerprint density at radius 3 is 3.15 bits per heavy atom. The second kappa shape index (κ2) is 6.44. The van der Waals surface area contributed by atoms with Crippen molar-refractivity contribution in [1.82, 2.24) is 5.32 Å². The summed E-state index contributed by atoms with van der Waals surface area (Å²) < 4.78 is 4.62. The Bertz CT molecular complexity index is 534. The summed E-state index contributed by atoms with van der Waals surface area (Å²) in [4.78, 5) is 11.3. The van der Waals surface area contributed by atoms with E-state index in [-0.39, 0.29) is 12.1 Å². The van der Waals surface area contributed by atoms with Crippen LogP contribution in [0.3, 0.4) is 0 Å². The van der Waals surface area contributed by atoms with Crippen LogP contribution in [-0.4, -0.2) is 19.2 Å². The van der Waals surface area contributed by atoms with Gasteiger partial charge in [0, 0.05) is 18.5 Å². The monoisotopic (exact) mass is 272 g/mol. The molecule has 2 atom stereocenters. The Hall–Kier alpha value is -1.99. The molecular weight excluding hydrogens is 252 g/mol. The van der Waals surface area contributed by atoms with Crippen LogP contribution in [0.5, 0.6) is 0 Å². The predicted molar refractivity (Wildman–Crippen MR) is 78.2 cm³/mol. The minimum Gasteiger partial charge on any atom is -0.453 e. The average Bonchev–Trinajstić information content (AvgIpc) is 2.80. The zero-order valence-corrected chi connectivity index (χ0v) is 11.7. The van der Waals surface area contributed by atoms with Gasteiger partial charge in [-0.3, -0.25) is 0 Å². The summed E-state index contributed by atoms with van der Waals surface area (Å²) >= 11 is 0. The fraction of sp³-hybridized carbons (Fsp3) is 0.438. The lowest BCUT2D eigenvalue weighted by atomic mass is 9.98. The van der Waals surface area contributed by atoms with Crippen molar-refractivity contribution < 1.29 is 9.53 Å². The van der Waals surface area contributed by atoms with Crippen LogP contribution in [0.1, 0.15) is 35.6 Å². The van der Waals surface area contributed by atoms with Crippen molar-refractivity contribution in [1.29, 1.82) is 0 Å². The van der Waals surface area contributed by atoms with Gasteiger partial charge in [-0.2, -0.15) is 0 Å². The van der Waals surface area contributed by atoms with Crippen molar-refractivity contribution >= 4 is 6.09 Å². The molecular formula is C16H20N2O2. The Morgan fingerprint density at radius 1 is 1.65 bits per heavy atom. The highest BCUT2D eigenvalue weighted by atomic mass is 16.5. The van der Waals surface area contributed by atoms with E-state index in [9.17, 15) is 4.79 Å². The lowest BCUT2D eigenvalue weighted by molar-refractivity contribution is 0.166. The van der Waals surface area contributed by atoms with Gasteiger partial charge in [-0.1, -0.05) is 18.2 Å². The zero-order chi connectivity index (χ0) is 14.5. The van der Waals surface area contributed by atoms with E-state index in [1.54, 1.807) is 0 Å². The minimum atomic E-state index is -0.455. The molecule has 0 saturated heterocycles. The van der Waals surface area contributed by atoms with Gasteiger partial charge >= 0.3 is 6.09 Å². The van der Waals surface area contributed by atoms with E-state index in [0.717, 1.165) is 18.4 Å². The van der Waals surface area contributed by atoms with Gasteiger partial charge < -0.3 is 15.8 Å². The molecule has 1 aromatic carbocycles. The van der Waals surface area contributed by atoms with Crippen LogP contribution in [0.25, 0.3) is 0 Å². The van der Waals surface area contributed by atoms with E-state index < -0.39 is 6.09 Å². The van der Waals surface area contributed by atoms with Crippen molar-refractivity contribution in [3.8, 4) is 12.3 Å². The fourth-order valence-electron chi connectivity index (χ4n) is 2.64. The molecule has 0 aliphatic heterocycles. The van der Waals surface area contributed by atoms with Crippen LogP contribution in [0, 0.1) is 12.3 Å². The summed E-state index contributed by atoms with van der Waals surface area (Å²) in [5, 5.41) is 2.76. The molecule has 0 heterocycles. The normalized spacial score (nSPS) is 17.9. The number of benzene rings is 1. The van der Waals surface area contributed by atoms with Gasteiger partial charge in [0.1, 0.15) is 0 Å². The van der Waals surface area contributed by atoms with Gasteiger partial charge in [0.2, 0.25) is 0 Å². The number of nitrogens with one attached hydrogen (secondary N) is 1. The first-order chi connectivity index (χ1) is 9.63. The average molecular weight is 272 g/mol. The van der Waals surface area contributed by atoms with Gasteiger partial charge in [-0.25, -0.2) is 4.79 Å². The van der Waals surface area contributed by atoms with Gasteiger partial charge in [-0.05, 0) is 36.0 Å². The SMILES string of the molecule is C#CCC(Cc1ccc2c(c1)[C@H](N)CC2)NC(=O)OC. The van der Waals surface area contributed by atoms with Crippen molar-refractivity contribution in [3.05, 3.63) is 34.9 Å². The summed E-state index contributed by atoms with van der Waals surface area (Å²) in [6.45, 7) is 0. The summed E-state index contributed by atoms with van der Waals surface area (Å²) in [5.74, 6) is 2.58. The van der Waals surface area contributed by atoms with Crippen molar-refractivity contribution in [2.75, 3.05) is 7.11 Å². The molecule has 4 nitrogen and oxygen atoms in total. The van der Waals surface area contributed by atoms with Crippen molar-refractivity contribution in [2.45, 2.75) is 37.8 Å². The topological polar surface area (TPSA) is 64.3 Å². The highest BCUT2D eigenvalue weighted by Gasteiger charge is 2.20. The molecule has 0 bridgehead atoms. The molecule has 106 valence electrons. The van der Waals surface area contributed by atoms with Crippen LogP contribution in [0.4, 0.5) is 4.79 Å². The Balaban J connectivity index is 2.09. The molecule has 0 aromatic heterocycles. The first kappa shape index (κ1) is 14.4. The third-order valence-corrected chi connectivity index (χ3v) is 3.69. The number of carbonyl (C=O) groups excluding carboxylic acids is 1. The molecule has 4 heteroatoms. The molecule has 1 unspecified atom stereocenters. The number of aryl methyl sites for hydroxylation is 1. The summed E-state index contributed by atoms with van der Waals surface area (Å²) in [7, 11) is 1.34. The number of nitrogens with two attached hydrogens (primary N) is 1. The van der Waals surface area contributed by atoms with Crippen molar-refractivity contribution in [2.24, 2.45) is 5.73 Å². The van der Waals surface area contributed by atoms with Gasteiger partial charge in [-0.15, -0.1) is 12.3 Å². The second-order valence-corrected chi connectivity index (χ2v) is 5.12. The standard InChI is InChI=1S/C16H20N2O2/c1-3-4-13(18-16(19)20-2)9-11-5-6-12-7-8-15(17)14(12)10-11/h1,5-6,10,13,15H,4,7-9,17H2,2H3,(H,18,19)/t13?,15-/m1/s1. The van der Waals surface area contributed by atoms with Crippen LogP contribution in [0.2, 0.25) is 0 Å². The van der Waals surface area contributed by atoms with Crippen LogP contribution in [0.15, 0.2) is 18.2 Å². The predicted octanol–water partition coefficient (Wildman–Crippen LogP) is 1.92. The maximum atomic E-state index is 11.3. The number of methoxy groups -OCH3 is 1. The molecule has 1 aliphatic rings. The molecule has 3 N–H and O–H groups in total. The van der Waals surface area contributed by atoms with Crippen LogP contribution in [-0.2, 0) is 17.6 Å². The Morgan fingerprint density at radius 2 is 2.45 bits per heavy atom. The Labute approximate surface area is 119 Å². The van der Waals surface area contributed by atoms with Crippen molar-refractivity contribution in [3.63, 3.8) is 0 Å². The number of alkyl carbamates (subject to hydrolysis) is 1. The third kappa shape index (κ3) is 3.31. The fourth-order valence-corrected chi connectivity index (χ4v) is 2.64. The molecule has 1 aromatic rings. The maximum Gasteiger partial charge on any atom is 0.407 e. The van der Waals surface area contributed by atoms with Gasteiger partial charge in [0.25, 0.3) is 0 Å². The van der Waals surface area contributed by atoms with Crippen LogP contribution < -0.4 is 11.1 Å². The van der Waals surface area contributed by atoms with E-state index in [0.29, 0.717) is 12.8 Å². The number of fused-ring (bicyclic) bond motifs is 1. The summed E-state index contributed by atoms with van der Waals surface area (Å²) in [6, 6.07) is 6.35. The smallest absolute Gasteiger partial charge is 0.407 e. The highest BCUT2D eigenvalue weighted by molar-refractivity contribution is 5.67. The number of ether oxygens (including phenoxy) is 1. The third-order valence-electron chi connectivity index (χ3n) is 3.69. The molecule has 0 saturated carbocycles. The summed E-state index contributed by atoms with van der Waals surface area (Å²) in [6.07, 6.45) is 8.10. The van der Waals surface area contributed by atoms with E-state index in [4.69, 9.17) is 12.2 Å². The van der Waals surface area contributed by atoms with E-state index >= 15 is 0 Å². The quantitative estimate of drug-likeness (QED) is 0.823. The van der Waals surface area contributed by atoms with E-state index in [1.165, 1.54) is 18.2 Å². The number of terminal acetylenes is 1. The number of carbonyl (C=O) groups is 1. The first-order valence-corrected chi connectivity index (χ1v) is 6.79. The number of hydrogen-bond donors (Lipinski definition) is 2. The molecule has 0 fully saturated rings. The zero-order valence-electron chi connectivity index (χ0n) is 11.7. The number of hydrogen-bond acceptors (Lipinski definition) is 3. The maximum absolute atomic E-state index is 11.3. The summed E-state index contributed by atoms with van der Waals surface area (Å²) in [5.41, 5.74) is 9.77. The highest BCUT2D eigenvalue weighted by Crippen LogP contribution is 2.30. The molecule has 20 heavy (non-hydrogen) atoms. The number of amides is 1. The van der Waals surface area contributed by atoms with E-state index in [1.807, 2.05) is 0 Å². The second-order valence-electron chi connectivity index (χ2n) is 5.12. The molecule has 1 aliphatic carbocycles. The Kier molecular flexibility index (Phi) is 4.65. The molecule has 2 rings (SSSR count). The minimum absolute atomic E-state index is 0.122.